The maximum atomic E-state index is 10.4. The molecule has 1 aromatic carbocycles. The summed E-state index contributed by atoms with van der Waals surface area (Å²) in [5.41, 5.74) is 0.847. The minimum absolute atomic E-state index is 0.111. The van der Waals surface area contributed by atoms with Crippen molar-refractivity contribution in [3.63, 3.8) is 0 Å². The molecule has 4 nitrogen and oxygen atoms in total. The molecule has 2 N–H and O–H groups in total. The standard InChI is InChI=1S/C15H22O4/c1-10(13(17)11-7-5-4-6-8-11)14-12(9-16)18-15(2,3)19-14/h4-8,10,12-14,16-17H,9H2,1-3H3/t10-,12-,13-,14+/m0/s1. The molecule has 19 heavy (non-hydrogen) atoms. The van der Waals surface area contributed by atoms with Gasteiger partial charge in [-0.25, -0.2) is 0 Å². The molecule has 106 valence electrons. The Morgan fingerprint density at radius 2 is 1.84 bits per heavy atom. The van der Waals surface area contributed by atoms with E-state index in [4.69, 9.17) is 9.47 Å². The SMILES string of the molecule is C[C@H]([C@H]1OC(C)(C)O[C@H]1CO)[C@H](O)c1ccccc1. The Balaban J connectivity index is 2.13. The molecule has 4 atom stereocenters. The minimum Gasteiger partial charge on any atom is -0.394 e. The van der Waals surface area contributed by atoms with Crippen molar-refractivity contribution in [3.8, 4) is 0 Å². The molecule has 1 aliphatic rings. The van der Waals surface area contributed by atoms with E-state index in [-0.39, 0.29) is 18.6 Å². The van der Waals surface area contributed by atoms with Gasteiger partial charge in [-0.2, -0.15) is 0 Å². The lowest BCUT2D eigenvalue weighted by Crippen LogP contribution is -2.35. The van der Waals surface area contributed by atoms with E-state index in [0.717, 1.165) is 5.56 Å². The first kappa shape index (κ1) is 14.5. The van der Waals surface area contributed by atoms with Gasteiger partial charge in [0.25, 0.3) is 0 Å². The van der Waals surface area contributed by atoms with Crippen LogP contribution in [-0.2, 0) is 9.47 Å². The molecule has 0 unspecified atom stereocenters. The molecule has 0 aliphatic carbocycles. The Hall–Kier alpha value is -0.940. The molecule has 0 spiro atoms. The number of hydrogen-bond acceptors (Lipinski definition) is 4. The number of rotatable bonds is 4. The zero-order chi connectivity index (χ0) is 14.0. The highest BCUT2D eigenvalue weighted by Crippen LogP contribution is 2.36. The van der Waals surface area contributed by atoms with Crippen LogP contribution in [0.5, 0.6) is 0 Å². The lowest BCUT2D eigenvalue weighted by Gasteiger charge is -2.27. The Morgan fingerprint density at radius 3 is 2.42 bits per heavy atom. The molecule has 1 heterocycles. The lowest BCUT2D eigenvalue weighted by molar-refractivity contribution is -0.155. The van der Waals surface area contributed by atoms with E-state index in [1.165, 1.54) is 0 Å². The van der Waals surface area contributed by atoms with Gasteiger partial charge in [0.15, 0.2) is 5.79 Å². The van der Waals surface area contributed by atoms with Crippen molar-refractivity contribution >= 4 is 0 Å². The summed E-state index contributed by atoms with van der Waals surface area (Å²) in [4.78, 5) is 0. The third kappa shape index (κ3) is 3.15. The van der Waals surface area contributed by atoms with Crippen LogP contribution in [0, 0.1) is 5.92 Å². The summed E-state index contributed by atoms with van der Waals surface area (Å²) in [6, 6.07) is 9.47. The second-order valence-electron chi connectivity index (χ2n) is 5.54. The first-order valence-corrected chi connectivity index (χ1v) is 6.64. The van der Waals surface area contributed by atoms with E-state index in [2.05, 4.69) is 0 Å². The van der Waals surface area contributed by atoms with Gasteiger partial charge in [-0.3, -0.25) is 0 Å². The smallest absolute Gasteiger partial charge is 0.163 e. The quantitative estimate of drug-likeness (QED) is 0.873. The second-order valence-corrected chi connectivity index (χ2v) is 5.54. The van der Waals surface area contributed by atoms with Crippen molar-refractivity contribution in [2.24, 2.45) is 5.92 Å². The first-order chi connectivity index (χ1) is 8.94. The lowest BCUT2D eigenvalue weighted by atomic mass is 9.90. The first-order valence-electron chi connectivity index (χ1n) is 6.64. The fourth-order valence-electron chi connectivity index (χ4n) is 2.58. The van der Waals surface area contributed by atoms with Gasteiger partial charge in [0.2, 0.25) is 0 Å². The zero-order valence-electron chi connectivity index (χ0n) is 11.6. The second kappa shape index (κ2) is 5.59. The monoisotopic (exact) mass is 266 g/mol. The highest BCUT2D eigenvalue weighted by Gasteiger charge is 2.45. The minimum atomic E-state index is -0.720. The van der Waals surface area contributed by atoms with E-state index in [9.17, 15) is 10.2 Å². The van der Waals surface area contributed by atoms with Crippen molar-refractivity contribution in [2.75, 3.05) is 6.61 Å². The van der Waals surface area contributed by atoms with Crippen LogP contribution in [0.1, 0.15) is 32.4 Å². The summed E-state index contributed by atoms with van der Waals surface area (Å²) in [5.74, 6) is -0.885. The molecule has 1 aromatic rings. The largest absolute Gasteiger partial charge is 0.394 e. The van der Waals surface area contributed by atoms with Gasteiger partial charge in [0.1, 0.15) is 6.10 Å². The topological polar surface area (TPSA) is 58.9 Å². The molecule has 1 aliphatic heterocycles. The number of aliphatic hydroxyl groups excluding tert-OH is 2. The van der Waals surface area contributed by atoms with Crippen LogP contribution < -0.4 is 0 Å². The molecular weight excluding hydrogens is 244 g/mol. The van der Waals surface area contributed by atoms with Gasteiger partial charge >= 0.3 is 0 Å². The Kier molecular flexibility index (Phi) is 4.26. The van der Waals surface area contributed by atoms with E-state index < -0.39 is 18.0 Å². The summed E-state index contributed by atoms with van der Waals surface area (Å²) >= 11 is 0. The predicted octanol–water partition coefficient (Wildman–Crippen LogP) is 1.87. The summed E-state index contributed by atoms with van der Waals surface area (Å²) in [5, 5.41) is 19.8. The van der Waals surface area contributed by atoms with Crippen LogP contribution in [0.2, 0.25) is 0 Å². The van der Waals surface area contributed by atoms with E-state index in [0.29, 0.717) is 0 Å². The molecule has 0 amide bonds. The molecule has 0 aromatic heterocycles. The van der Waals surface area contributed by atoms with Crippen molar-refractivity contribution in [3.05, 3.63) is 35.9 Å². The Morgan fingerprint density at radius 1 is 1.21 bits per heavy atom. The van der Waals surface area contributed by atoms with Crippen LogP contribution in [0.15, 0.2) is 30.3 Å². The average Bonchev–Trinajstić information content (AvgIpc) is 2.73. The summed E-state index contributed by atoms with van der Waals surface area (Å²) in [6.07, 6.45) is -1.36. The van der Waals surface area contributed by atoms with Crippen LogP contribution >= 0.6 is 0 Å². The van der Waals surface area contributed by atoms with Gasteiger partial charge in [0.05, 0.1) is 18.8 Å². The van der Waals surface area contributed by atoms with Crippen LogP contribution in [0.25, 0.3) is 0 Å². The Bertz CT molecular complexity index is 404. The molecule has 0 radical (unpaired) electrons. The van der Waals surface area contributed by atoms with Crippen LogP contribution in [0.4, 0.5) is 0 Å². The molecule has 1 saturated heterocycles. The zero-order valence-corrected chi connectivity index (χ0v) is 11.6. The molecule has 0 bridgehead atoms. The summed E-state index contributed by atoms with van der Waals surface area (Å²) < 4.78 is 11.4. The van der Waals surface area contributed by atoms with Crippen molar-refractivity contribution in [1.82, 2.24) is 0 Å². The number of ether oxygens (including phenoxy) is 2. The third-order valence-electron chi connectivity index (χ3n) is 3.56. The molecule has 4 heteroatoms. The summed E-state index contributed by atoms with van der Waals surface area (Å²) in [7, 11) is 0. The summed E-state index contributed by atoms with van der Waals surface area (Å²) in [6.45, 7) is 5.43. The van der Waals surface area contributed by atoms with Crippen LogP contribution in [0.3, 0.4) is 0 Å². The maximum absolute atomic E-state index is 10.4. The van der Waals surface area contributed by atoms with Gasteiger partial charge in [-0.15, -0.1) is 0 Å². The fraction of sp³-hybridized carbons (Fsp3) is 0.600. The number of aliphatic hydroxyl groups is 2. The highest BCUT2D eigenvalue weighted by molar-refractivity contribution is 5.18. The van der Waals surface area contributed by atoms with Crippen molar-refractivity contribution in [2.45, 2.75) is 44.9 Å². The van der Waals surface area contributed by atoms with Gasteiger partial charge in [-0.1, -0.05) is 37.3 Å². The molecule has 1 fully saturated rings. The van der Waals surface area contributed by atoms with Crippen LogP contribution in [-0.4, -0.2) is 34.8 Å². The maximum Gasteiger partial charge on any atom is 0.163 e. The predicted molar refractivity (Wildman–Crippen MR) is 71.5 cm³/mol. The van der Waals surface area contributed by atoms with Gasteiger partial charge < -0.3 is 19.7 Å². The highest BCUT2D eigenvalue weighted by atomic mass is 16.8. The number of hydrogen-bond donors (Lipinski definition) is 2. The third-order valence-corrected chi connectivity index (χ3v) is 3.56. The molecular formula is C15H22O4. The number of benzene rings is 1. The van der Waals surface area contributed by atoms with Gasteiger partial charge in [0, 0.05) is 5.92 Å². The molecule has 0 saturated carbocycles. The fourth-order valence-corrected chi connectivity index (χ4v) is 2.58. The van der Waals surface area contributed by atoms with Gasteiger partial charge in [-0.05, 0) is 19.4 Å². The van der Waals surface area contributed by atoms with Crippen molar-refractivity contribution < 1.29 is 19.7 Å². The average molecular weight is 266 g/mol. The van der Waals surface area contributed by atoms with E-state index in [1.54, 1.807) is 0 Å². The molecule has 2 rings (SSSR count). The van der Waals surface area contributed by atoms with E-state index in [1.807, 2.05) is 51.1 Å². The Labute approximate surface area is 114 Å². The normalized spacial score (nSPS) is 29.1. The van der Waals surface area contributed by atoms with Crippen molar-refractivity contribution in [1.29, 1.82) is 0 Å². The van der Waals surface area contributed by atoms with E-state index >= 15 is 0 Å².